The van der Waals surface area contributed by atoms with Gasteiger partial charge in [-0.3, -0.25) is 4.79 Å². The van der Waals surface area contributed by atoms with Crippen molar-refractivity contribution in [3.63, 3.8) is 0 Å². The minimum Gasteiger partial charge on any atom is -0.449 e. The first kappa shape index (κ1) is 15.4. The molecule has 132 valence electrons. The Bertz CT molecular complexity index is 1150. The molecule has 5 rings (SSSR count). The second-order valence-corrected chi connectivity index (χ2v) is 7.11. The maximum Gasteiger partial charge on any atom is 0.294 e. The van der Waals surface area contributed by atoms with Gasteiger partial charge < -0.3 is 18.9 Å². The molecule has 26 heavy (non-hydrogen) atoms. The van der Waals surface area contributed by atoms with E-state index in [2.05, 4.69) is 34.9 Å². The minimum absolute atomic E-state index is 0.199. The number of H-pyrrole nitrogens is 1. The summed E-state index contributed by atoms with van der Waals surface area (Å²) in [5.74, 6) is 0.727. The topological polar surface area (TPSA) is 68.3 Å². The molecule has 3 aromatic heterocycles. The van der Waals surface area contributed by atoms with Crippen molar-refractivity contribution in [2.45, 2.75) is 25.4 Å². The molecule has 1 aromatic carbocycles. The summed E-state index contributed by atoms with van der Waals surface area (Å²) in [5.41, 5.74) is 2.82. The third-order valence-electron chi connectivity index (χ3n) is 5.50. The molecule has 2 N–H and O–H groups in total. The van der Waals surface area contributed by atoms with E-state index in [4.69, 9.17) is 9.40 Å². The molecule has 6 nitrogen and oxygen atoms in total. The van der Waals surface area contributed by atoms with E-state index in [0.717, 1.165) is 24.2 Å². The Balaban J connectivity index is 1.54. The maximum atomic E-state index is 12.5. The van der Waals surface area contributed by atoms with Crippen molar-refractivity contribution in [2.24, 2.45) is 7.05 Å². The Morgan fingerprint density at radius 2 is 2.19 bits per heavy atom. The lowest BCUT2D eigenvalue weighted by atomic mass is 10.1. The van der Waals surface area contributed by atoms with Crippen molar-refractivity contribution in [2.75, 3.05) is 6.54 Å². The van der Waals surface area contributed by atoms with Crippen LogP contribution in [-0.2, 0) is 13.6 Å². The smallest absolute Gasteiger partial charge is 0.294 e. The number of aromatic nitrogens is 3. The van der Waals surface area contributed by atoms with Crippen LogP contribution in [0.15, 0.2) is 51.8 Å². The number of likely N-dealkylation sites (tertiary alicyclic amines) is 1. The predicted molar refractivity (Wildman–Crippen MR) is 99.1 cm³/mol. The van der Waals surface area contributed by atoms with Crippen LogP contribution in [0.5, 0.6) is 0 Å². The number of hydrogen-bond donors (Lipinski definition) is 2. The van der Waals surface area contributed by atoms with E-state index in [9.17, 15) is 4.79 Å². The first-order chi connectivity index (χ1) is 12.7. The number of hydrogen-bond acceptors (Lipinski definition) is 3. The third-order valence-corrected chi connectivity index (χ3v) is 5.50. The van der Waals surface area contributed by atoms with Gasteiger partial charge in [0.1, 0.15) is 23.7 Å². The van der Waals surface area contributed by atoms with Crippen LogP contribution >= 0.6 is 0 Å². The fourth-order valence-electron chi connectivity index (χ4n) is 4.26. The number of fused-ring (bicyclic) bond motifs is 3. The zero-order valence-electron chi connectivity index (χ0n) is 14.7. The quantitative estimate of drug-likeness (QED) is 0.594. The summed E-state index contributed by atoms with van der Waals surface area (Å²) < 4.78 is 7.88. The summed E-state index contributed by atoms with van der Waals surface area (Å²) in [6.45, 7) is 1.80. The van der Waals surface area contributed by atoms with Gasteiger partial charge in [-0.15, -0.1) is 0 Å². The van der Waals surface area contributed by atoms with Crippen molar-refractivity contribution in [3.8, 4) is 0 Å². The summed E-state index contributed by atoms with van der Waals surface area (Å²) in [4.78, 5) is 21.6. The number of nitrogens with zero attached hydrogens (tertiary/aromatic N) is 2. The van der Waals surface area contributed by atoms with Gasteiger partial charge in [-0.2, -0.15) is 0 Å². The molecule has 0 aliphatic carbocycles. The van der Waals surface area contributed by atoms with Crippen LogP contribution in [0.25, 0.3) is 22.1 Å². The van der Waals surface area contributed by atoms with Crippen molar-refractivity contribution in [3.05, 3.63) is 64.5 Å². The molecule has 6 heteroatoms. The van der Waals surface area contributed by atoms with Crippen LogP contribution in [0.3, 0.4) is 0 Å². The summed E-state index contributed by atoms with van der Waals surface area (Å²) in [5, 5.41) is 0.894. The molecule has 1 aliphatic rings. The molecular weight excluding hydrogens is 328 g/mol. The number of aryl methyl sites for hydroxylation is 1. The number of aromatic amines is 1. The number of rotatable bonds is 3. The van der Waals surface area contributed by atoms with Crippen LogP contribution in [0, 0.1) is 0 Å². The summed E-state index contributed by atoms with van der Waals surface area (Å²) in [6.07, 6.45) is 4.44. The monoisotopic (exact) mass is 349 g/mol. The van der Waals surface area contributed by atoms with Gasteiger partial charge in [-0.25, -0.2) is 4.98 Å². The van der Waals surface area contributed by atoms with E-state index in [1.54, 1.807) is 0 Å². The Labute approximate surface area is 150 Å². The van der Waals surface area contributed by atoms with Crippen LogP contribution in [-0.4, -0.2) is 21.1 Å². The van der Waals surface area contributed by atoms with Gasteiger partial charge in [0.15, 0.2) is 5.82 Å². The molecule has 0 amide bonds. The highest BCUT2D eigenvalue weighted by Gasteiger charge is 2.32. The zero-order valence-corrected chi connectivity index (χ0v) is 14.7. The lowest BCUT2D eigenvalue weighted by Crippen LogP contribution is -3.09. The Morgan fingerprint density at radius 3 is 3.04 bits per heavy atom. The molecule has 0 saturated carbocycles. The molecule has 1 unspecified atom stereocenters. The molecule has 2 atom stereocenters. The standard InChI is InChI=1S/C20H20N4O2/c1-23-10-4-7-14(23)15-8-5-11-24(15)12-17-21-18-13-6-2-3-9-16(13)26-19(18)20(25)22-17/h2-4,6-7,9-10,15H,5,8,11-12H2,1H3,(H,21,22,25)/p+1/t15-/m0/s1. The minimum atomic E-state index is -0.199. The maximum absolute atomic E-state index is 12.5. The normalized spacial score (nSPS) is 20.3. The Morgan fingerprint density at radius 1 is 1.31 bits per heavy atom. The van der Waals surface area contributed by atoms with E-state index in [-0.39, 0.29) is 5.56 Å². The van der Waals surface area contributed by atoms with Crippen molar-refractivity contribution in [1.29, 1.82) is 0 Å². The van der Waals surface area contributed by atoms with Gasteiger partial charge in [0, 0.05) is 31.5 Å². The van der Waals surface area contributed by atoms with Crippen molar-refractivity contribution >= 4 is 22.1 Å². The number of para-hydroxylation sites is 1. The molecule has 4 aromatic rings. The van der Waals surface area contributed by atoms with Crippen molar-refractivity contribution in [1.82, 2.24) is 14.5 Å². The fourth-order valence-corrected chi connectivity index (χ4v) is 4.26. The highest BCUT2D eigenvalue weighted by atomic mass is 16.3. The van der Waals surface area contributed by atoms with E-state index >= 15 is 0 Å². The van der Waals surface area contributed by atoms with Gasteiger partial charge >= 0.3 is 0 Å². The summed E-state index contributed by atoms with van der Waals surface area (Å²) in [7, 11) is 2.09. The number of quaternary nitrogens is 1. The number of nitrogens with one attached hydrogen (secondary N) is 2. The average molecular weight is 349 g/mol. The highest BCUT2D eigenvalue weighted by molar-refractivity contribution is 6.01. The second-order valence-electron chi connectivity index (χ2n) is 7.11. The van der Waals surface area contributed by atoms with Crippen molar-refractivity contribution < 1.29 is 9.32 Å². The first-order valence-electron chi connectivity index (χ1n) is 9.07. The number of furan rings is 1. The Hall–Kier alpha value is -2.86. The van der Waals surface area contributed by atoms with Crippen LogP contribution in [0.1, 0.15) is 30.4 Å². The van der Waals surface area contributed by atoms with E-state index in [1.807, 2.05) is 24.3 Å². The third kappa shape index (κ3) is 2.37. The molecular formula is C20H21N4O2+. The second kappa shape index (κ2) is 5.85. The predicted octanol–water partition coefficient (Wildman–Crippen LogP) is 1.93. The first-order valence-corrected chi connectivity index (χ1v) is 9.07. The van der Waals surface area contributed by atoms with E-state index < -0.39 is 0 Å². The molecule has 0 bridgehead atoms. The molecule has 4 heterocycles. The SMILES string of the molecule is Cn1cccc1[C@@H]1CCC[NH+]1Cc1nc2c(oc3ccccc32)c(=O)[nH]1. The molecule has 0 spiro atoms. The molecule has 0 radical (unpaired) electrons. The summed E-state index contributed by atoms with van der Waals surface area (Å²) in [6, 6.07) is 12.4. The molecule has 1 fully saturated rings. The Kier molecular flexibility index (Phi) is 3.46. The highest BCUT2D eigenvalue weighted by Crippen LogP contribution is 2.24. The lowest BCUT2D eigenvalue weighted by molar-refractivity contribution is -0.933. The van der Waals surface area contributed by atoms with Gasteiger partial charge in [0.25, 0.3) is 5.56 Å². The summed E-state index contributed by atoms with van der Waals surface area (Å²) >= 11 is 0. The van der Waals surface area contributed by atoms with Crippen LogP contribution < -0.4 is 10.5 Å². The van der Waals surface area contributed by atoms with Gasteiger partial charge in [-0.1, -0.05) is 12.1 Å². The van der Waals surface area contributed by atoms with Crippen LogP contribution in [0.2, 0.25) is 0 Å². The van der Waals surface area contributed by atoms with Gasteiger partial charge in [-0.05, 0) is 24.3 Å². The van der Waals surface area contributed by atoms with E-state index in [1.165, 1.54) is 17.0 Å². The van der Waals surface area contributed by atoms with Gasteiger partial charge in [0.2, 0.25) is 5.58 Å². The van der Waals surface area contributed by atoms with E-state index in [0.29, 0.717) is 29.3 Å². The number of benzene rings is 1. The van der Waals surface area contributed by atoms with Gasteiger partial charge in [0.05, 0.1) is 12.2 Å². The lowest BCUT2D eigenvalue weighted by Gasteiger charge is -2.21. The average Bonchev–Trinajstić information content (AvgIpc) is 3.34. The molecule has 1 saturated heterocycles. The largest absolute Gasteiger partial charge is 0.449 e. The zero-order chi connectivity index (χ0) is 17.7. The molecule has 1 aliphatic heterocycles. The fraction of sp³-hybridized carbons (Fsp3) is 0.300. The van der Waals surface area contributed by atoms with Crippen LogP contribution in [0.4, 0.5) is 0 Å².